The molecule has 4 nitrogen and oxygen atoms in total. The SMILES string of the molecule is CCc1cc2c(-c3ccccc3)cc(=O)oc2c2c(=O)c(Br)coc12. The lowest BCUT2D eigenvalue weighted by molar-refractivity contribution is 0.560. The molecule has 0 bridgehead atoms. The molecule has 0 N–H and O–H groups in total. The summed E-state index contributed by atoms with van der Waals surface area (Å²) in [5.74, 6) is 0. The van der Waals surface area contributed by atoms with Crippen LogP contribution in [0.25, 0.3) is 33.1 Å². The first-order valence-corrected chi connectivity index (χ1v) is 8.65. The number of hydrogen-bond donors (Lipinski definition) is 0. The van der Waals surface area contributed by atoms with E-state index in [0.717, 1.165) is 22.1 Å². The maximum atomic E-state index is 12.7. The molecule has 0 saturated heterocycles. The third-order valence-corrected chi connectivity index (χ3v) is 4.80. The van der Waals surface area contributed by atoms with Crippen LogP contribution in [0.1, 0.15) is 12.5 Å². The molecule has 0 atom stereocenters. The van der Waals surface area contributed by atoms with E-state index >= 15 is 0 Å². The van der Waals surface area contributed by atoms with Crippen LogP contribution in [-0.4, -0.2) is 0 Å². The van der Waals surface area contributed by atoms with E-state index in [0.29, 0.717) is 21.9 Å². The second kappa shape index (κ2) is 6.01. The summed E-state index contributed by atoms with van der Waals surface area (Å²) in [6.07, 6.45) is 2.05. The first-order chi connectivity index (χ1) is 12.1. The molecule has 0 aliphatic rings. The zero-order valence-electron chi connectivity index (χ0n) is 13.3. The van der Waals surface area contributed by atoms with Crippen molar-refractivity contribution in [3.05, 3.63) is 79.4 Å². The molecule has 0 spiro atoms. The van der Waals surface area contributed by atoms with Crippen molar-refractivity contribution in [2.24, 2.45) is 0 Å². The van der Waals surface area contributed by atoms with Crippen LogP contribution in [0.2, 0.25) is 0 Å². The molecule has 0 saturated carbocycles. The van der Waals surface area contributed by atoms with Crippen LogP contribution in [-0.2, 0) is 6.42 Å². The molecule has 2 aromatic carbocycles. The van der Waals surface area contributed by atoms with Crippen molar-refractivity contribution >= 4 is 37.9 Å². The van der Waals surface area contributed by atoms with Crippen molar-refractivity contribution in [3.8, 4) is 11.1 Å². The van der Waals surface area contributed by atoms with E-state index in [1.807, 2.05) is 43.3 Å². The van der Waals surface area contributed by atoms with Gasteiger partial charge in [0.15, 0.2) is 5.58 Å². The van der Waals surface area contributed by atoms with Crippen LogP contribution >= 0.6 is 15.9 Å². The van der Waals surface area contributed by atoms with Gasteiger partial charge in [-0.3, -0.25) is 4.79 Å². The predicted molar refractivity (Wildman–Crippen MR) is 101 cm³/mol. The standard InChI is InChI=1S/C20H13BrO4/c1-2-11-8-14-13(12-6-4-3-5-7-12)9-16(22)25-20(14)17-18(23)15(21)10-24-19(11)17/h3-10H,2H2,1H3. The number of rotatable bonds is 2. The first-order valence-electron chi connectivity index (χ1n) is 7.86. The largest absolute Gasteiger partial charge is 0.462 e. The molecule has 2 aromatic heterocycles. The zero-order chi connectivity index (χ0) is 17.6. The second-order valence-corrected chi connectivity index (χ2v) is 6.58. The Morgan fingerprint density at radius 2 is 1.80 bits per heavy atom. The molecular formula is C20H13BrO4. The van der Waals surface area contributed by atoms with Crippen molar-refractivity contribution in [2.75, 3.05) is 0 Å². The maximum Gasteiger partial charge on any atom is 0.336 e. The van der Waals surface area contributed by atoms with E-state index in [4.69, 9.17) is 8.83 Å². The fourth-order valence-electron chi connectivity index (χ4n) is 3.08. The Hall–Kier alpha value is -2.66. The molecule has 25 heavy (non-hydrogen) atoms. The van der Waals surface area contributed by atoms with Crippen LogP contribution < -0.4 is 11.1 Å². The second-order valence-electron chi connectivity index (χ2n) is 5.73. The summed E-state index contributed by atoms with van der Waals surface area (Å²) in [5.41, 5.74) is 2.47. The van der Waals surface area contributed by atoms with Gasteiger partial charge in [-0.15, -0.1) is 0 Å². The monoisotopic (exact) mass is 396 g/mol. The van der Waals surface area contributed by atoms with E-state index in [1.165, 1.54) is 12.3 Å². The predicted octanol–water partition coefficient (Wildman–Crippen LogP) is 4.89. The summed E-state index contributed by atoms with van der Waals surface area (Å²) in [6.45, 7) is 1.99. The van der Waals surface area contributed by atoms with Gasteiger partial charge in [-0.05, 0) is 45.1 Å². The van der Waals surface area contributed by atoms with Crippen molar-refractivity contribution < 1.29 is 8.83 Å². The Labute approximate surface area is 150 Å². The van der Waals surface area contributed by atoms with Gasteiger partial charge in [0.05, 0.1) is 0 Å². The van der Waals surface area contributed by atoms with E-state index in [1.54, 1.807) is 0 Å². The summed E-state index contributed by atoms with van der Waals surface area (Å²) in [5, 5.41) is 1.01. The molecule has 0 fully saturated rings. The van der Waals surface area contributed by atoms with Crippen LogP contribution in [0, 0.1) is 0 Å². The fourth-order valence-corrected chi connectivity index (χ4v) is 3.37. The summed E-state index contributed by atoms with van der Waals surface area (Å²) >= 11 is 3.20. The van der Waals surface area contributed by atoms with E-state index in [-0.39, 0.29) is 11.0 Å². The molecule has 5 heteroatoms. The highest BCUT2D eigenvalue weighted by molar-refractivity contribution is 9.10. The minimum absolute atomic E-state index is 0.255. The van der Waals surface area contributed by atoms with Gasteiger partial charge in [-0.1, -0.05) is 37.3 Å². The molecule has 0 aliphatic carbocycles. The van der Waals surface area contributed by atoms with Crippen LogP contribution in [0.5, 0.6) is 0 Å². The molecular weight excluding hydrogens is 384 g/mol. The lowest BCUT2D eigenvalue weighted by Crippen LogP contribution is -2.07. The summed E-state index contributed by atoms with van der Waals surface area (Å²) < 4.78 is 11.4. The molecule has 0 aliphatic heterocycles. The average molecular weight is 397 g/mol. The number of fused-ring (bicyclic) bond motifs is 3. The number of benzene rings is 2. The first kappa shape index (κ1) is 15.8. The minimum Gasteiger partial charge on any atom is -0.462 e. The van der Waals surface area contributed by atoms with Gasteiger partial charge in [0.25, 0.3) is 0 Å². The van der Waals surface area contributed by atoms with Gasteiger partial charge >= 0.3 is 5.63 Å². The Morgan fingerprint density at radius 1 is 1.04 bits per heavy atom. The fraction of sp³-hybridized carbons (Fsp3) is 0.100. The maximum absolute atomic E-state index is 12.7. The lowest BCUT2D eigenvalue weighted by Gasteiger charge is -2.10. The normalized spacial score (nSPS) is 11.3. The van der Waals surface area contributed by atoms with Crippen LogP contribution in [0.3, 0.4) is 0 Å². The van der Waals surface area contributed by atoms with E-state index in [2.05, 4.69) is 15.9 Å². The van der Waals surface area contributed by atoms with Gasteiger partial charge in [0.2, 0.25) is 5.43 Å². The highest BCUT2D eigenvalue weighted by Gasteiger charge is 2.18. The van der Waals surface area contributed by atoms with Crippen molar-refractivity contribution in [2.45, 2.75) is 13.3 Å². The van der Waals surface area contributed by atoms with E-state index < -0.39 is 5.63 Å². The molecule has 2 heterocycles. The Morgan fingerprint density at radius 3 is 2.52 bits per heavy atom. The number of hydrogen-bond acceptors (Lipinski definition) is 4. The number of aryl methyl sites for hydroxylation is 1. The minimum atomic E-state index is -0.503. The molecule has 4 rings (SSSR count). The third kappa shape index (κ3) is 2.51. The van der Waals surface area contributed by atoms with Crippen molar-refractivity contribution in [3.63, 3.8) is 0 Å². The van der Waals surface area contributed by atoms with Gasteiger partial charge in [0.1, 0.15) is 21.7 Å². The molecule has 0 amide bonds. The highest BCUT2D eigenvalue weighted by atomic mass is 79.9. The summed E-state index contributed by atoms with van der Waals surface area (Å²) in [7, 11) is 0. The molecule has 4 aromatic rings. The van der Waals surface area contributed by atoms with Crippen LogP contribution in [0.4, 0.5) is 0 Å². The van der Waals surface area contributed by atoms with Gasteiger partial charge in [-0.25, -0.2) is 4.79 Å². The molecule has 0 unspecified atom stereocenters. The zero-order valence-corrected chi connectivity index (χ0v) is 14.9. The van der Waals surface area contributed by atoms with Gasteiger partial charge < -0.3 is 8.83 Å². The Kier molecular flexibility index (Phi) is 3.81. The lowest BCUT2D eigenvalue weighted by atomic mass is 9.97. The third-order valence-electron chi connectivity index (χ3n) is 4.25. The van der Waals surface area contributed by atoms with Crippen molar-refractivity contribution in [1.82, 2.24) is 0 Å². The Bertz CT molecular complexity index is 1220. The summed E-state index contributed by atoms with van der Waals surface area (Å²) in [4.78, 5) is 24.9. The smallest absolute Gasteiger partial charge is 0.336 e. The molecule has 0 radical (unpaired) electrons. The van der Waals surface area contributed by atoms with Gasteiger partial charge in [-0.2, -0.15) is 0 Å². The molecule has 124 valence electrons. The quantitative estimate of drug-likeness (QED) is 0.357. The van der Waals surface area contributed by atoms with E-state index in [9.17, 15) is 9.59 Å². The Balaban J connectivity index is 2.28. The van der Waals surface area contributed by atoms with Crippen molar-refractivity contribution in [1.29, 1.82) is 0 Å². The summed E-state index contributed by atoms with van der Waals surface area (Å²) in [6, 6.07) is 13.0. The van der Waals surface area contributed by atoms with Gasteiger partial charge in [0, 0.05) is 11.5 Å². The van der Waals surface area contributed by atoms with Crippen LogP contribution in [0.15, 0.2) is 71.6 Å². The number of halogens is 1. The topological polar surface area (TPSA) is 60.4 Å². The average Bonchev–Trinajstić information content (AvgIpc) is 2.64. The highest BCUT2D eigenvalue weighted by Crippen LogP contribution is 2.33.